The van der Waals surface area contributed by atoms with E-state index in [1.54, 1.807) is 0 Å². The van der Waals surface area contributed by atoms with E-state index in [9.17, 15) is 0 Å². The van der Waals surface area contributed by atoms with E-state index in [2.05, 4.69) is 0 Å². The molecule has 6 saturated carbocycles. The number of nitrogens with zero attached hydrogens (tertiary/aromatic N) is 3. The van der Waals surface area contributed by atoms with Gasteiger partial charge in [0.05, 0.1) is 36.6 Å². The first kappa shape index (κ1) is 36.8. The molecular weight excluding hydrogens is 663 g/mol. The van der Waals surface area contributed by atoms with E-state index in [-0.39, 0.29) is 36.6 Å². The number of rotatable bonds is 12. The molecule has 0 bridgehead atoms. The number of hydrogen-bond acceptors (Lipinski definition) is 9. The minimum atomic E-state index is -3.29. The highest BCUT2D eigenvalue weighted by atomic mass is 31.3. The van der Waals surface area contributed by atoms with Crippen LogP contribution in [0.5, 0.6) is 0 Å². The Balaban J connectivity index is 1.39. The van der Waals surface area contributed by atoms with Gasteiger partial charge in [-0.3, -0.25) is 0 Å². The van der Waals surface area contributed by atoms with Crippen LogP contribution in [0.3, 0.4) is 0 Å². The summed E-state index contributed by atoms with van der Waals surface area (Å²) in [6, 6.07) is 0. The van der Waals surface area contributed by atoms with Crippen LogP contribution in [0.25, 0.3) is 0 Å². The molecule has 48 heavy (non-hydrogen) atoms. The second-order valence-electron chi connectivity index (χ2n) is 15.9. The topological polar surface area (TPSA) is 92.5 Å². The molecule has 0 spiro atoms. The van der Waals surface area contributed by atoms with E-state index in [1.165, 1.54) is 116 Å². The Labute approximate surface area is 292 Å². The van der Waals surface area contributed by atoms with Crippen molar-refractivity contribution in [2.45, 2.75) is 229 Å². The van der Waals surface area contributed by atoms with Crippen LogP contribution in [0.2, 0.25) is 0 Å². The molecule has 276 valence electrons. The molecule has 0 radical (unpaired) electrons. The largest absolute Gasteiger partial charge is 0.349 e. The van der Waals surface area contributed by atoms with Crippen molar-refractivity contribution >= 4 is 23.0 Å². The van der Waals surface area contributed by atoms with Crippen molar-refractivity contribution < 1.29 is 27.1 Å². The molecule has 9 nitrogen and oxygen atoms in total. The summed E-state index contributed by atoms with van der Waals surface area (Å²) in [7, 11) is -9.86. The predicted molar refractivity (Wildman–Crippen MR) is 196 cm³/mol. The zero-order valence-electron chi connectivity index (χ0n) is 29.8. The van der Waals surface area contributed by atoms with Crippen molar-refractivity contribution in [3.05, 3.63) is 0 Å². The van der Waals surface area contributed by atoms with Gasteiger partial charge < -0.3 is 27.1 Å². The average molecular weight is 730 g/mol. The van der Waals surface area contributed by atoms with Gasteiger partial charge in [-0.25, -0.2) is 0 Å². The van der Waals surface area contributed by atoms with Crippen LogP contribution in [0, 0.1) is 0 Å². The summed E-state index contributed by atoms with van der Waals surface area (Å²) < 4.78 is 60.9. The minimum Gasteiger partial charge on any atom is -0.303 e. The molecule has 1 aliphatic heterocycles. The van der Waals surface area contributed by atoms with Gasteiger partial charge in [0.1, 0.15) is 0 Å². The standard InChI is InChI=1S/C36H66N3O6P3/c1-7-19-31(20-8-1)40-46(41-32-21-9-2-10-22-32)37-47(42-33-23-11-3-12-24-33,43-34-25-13-4-14-26-34)39-48(38-46,44-35-27-15-5-16-28-35)45-36-29-17-6-18-30-36/h31-36H,1-30H2. The minimum absolute atomic E-state index is 0.0683. The molecule has 1 heterocycles. The third kappa shape index (κ3) is 10.3. The molecule has 0 saturated heterocycles. The fourth-order valence-electron chi connectivity index (χ4n) is 9.00. The first-order valence-corrected chi connectivity index (χ1v) is 25.2. The highest BCUT2D eigenvalue weighted by molar-refractivity contribution is 7.78. The molecule has 0 aromatic heterocycles. The Morgan fingerprint density at radius 3 is 0.521 bits per heavy atom. The van der Waals surface area contributed by atoms with Crippen molar-refractivity contribution in [3.8, 4) is 0 Å². The second kappa shape index (κ2) is 18.0. The molecule has 0 amide bonds. The Morgan fingerprint density at radius 2 is 0.375 bits per heavy atom. The molecule has 0 aromatic carbocycles. The van der Waals surface area contributed by atoms with Gasteiger partial charge in [-0.1, -0.05) is 116 Å². The Kier molecular flexibility index (Phi) is 13.8. The van der Waals surface area contributed by atoms with E-state index in [0.717, 1.165) is 77.0 Å². The van der Waals surface area contributed by atoms with Crippen molar-refractivity contribution in [2.24, 2.45) is 13.5 Å². The zero-order chi connectivity index (χ0) is 32.5. The summed E-state index contributed by atoms with van der Waals surface area (Å²) in [5, 5.41) is 0. The van der Waals surface area contributed by atoms with Gasteiger partial charge in [0.25, 0.3) is 0 Å². The molecule has 7 aliphatic rings. The lowest BCUT2D eigenvalue weighted by molar-refractivity contribution is 0.0814. The summed E-state index contributed by atoms with van der Waals surface area (Å²) in [6.45, 7) is 0. The van der Waals surface area contributed by atoms with Gasteiger partial charge in [-0.15, -0.1) is 13.5 Å². The first-order chi connectivity index (χ1) is 23.6. The fourth-order valence-corrected chi connectivity index (χ4v) is 19.6. The molecule has 6 fully saturated rings. The lowest BCUT2D eigenvalue weighted by Gasteiger charge is -2.41. The molecule has 12 heteroatoms. The quantitative estimate of drug-likeness (QED) is 0.186. The normalized spacial score (nSPS) is 30.2. The molecule has 0 aromatic rings. The van der Waals surface area contributed by atoms with Gasteiger partial charge in [0.15, 0.2) is 0 Å². The molecule has 7 rings (SSSR count). The van der Waals surface area contributed by atoms with Crippen molar-refractivity contribution in [1.82, 2.24) is 0 Å². The zero-order valence-corrected chi connectivity index (χ0v) is 32.5. The Hall–Kier alpha value is 0.450. The first-order valence-electron chi connectivity index (χ1n) is 20.6. The molecule has 6 aliphatic carbocycles. The monoisotopic (exact) mass is 729 g/mol. The van der Waals surface area contributed by atoms with Crippen LogP contribution in [-0.2, 0) is 27.1 Å². The van der Waals surface area contributed by atoms with Crippen LogP contribution in [0.1, 0.15) is 193 Å². The van der Waals surface area contributed by atoms with Gasteiger partial charge in [0, 0.05) is 0 Å². The fraction of sp³-hybridized carbons (Fsp3) is 1.00. The summed E-state index contributed by atoms with van der Waals surface area (Å²) >= 11 is 0. The van der Waals surface area contributed by atoms with E-state index in [1.807, 2.05) is 0 Å². The maximum absolute atomic E-state index is 7.32. The predicted octanol–water partition coefficient (Wildman–Crippen LogP) is 13.9. The SMILES string of the molecule is C1CCC(OP2(OC3CCCCC3)=NP(OC3CCCCC3)(OC3CCCCC3)=NP(OC3CCCCC3)(OC3CCCCC3)=N2)CC1. The van der Waals surface area contributed by atoms with Gasteiger partial charge in [-0.05, 0) is 77.0 Å². The summed E-state index contributed by atoms with van der Waals surface area (Å²) in [5.41, 5.74) is 0. The molecule has 0 N–H and O–H groups in total. The second-order valence-corrected chi connectivity index (χ2v) is 22.3. The van der Waals surface area contributed by atoms with Gasteiger partial charge in [-0.2, -0.15) is 0 Å². The molecule has 0 atom stereocenters. The van der Waals surface area contributed by atoms with Crippen LogP contribution in [0.15, 0.2) is 13.5 Å². The van der Waals surface area contributed by atoms with E-state index in [4.69, 9.17) is 40.7 Å². The Bertz CT molecular complexity index is 934. The average Bonchev–Trinajstić information content (AvgIpc) is 3.10. The Morgan fingerprint density at radius 1 is 0.229 bits per heavy atom. The maximum Gasteiger partial charge on any atom is 0.349 e. The van der Waals surface area contributed by atoms with Crippen molar-refractivity contribution in [1.29, 1.82) is 0 Å². The summed E-state index contributed by atoms with van der Waals surface area (Å²) in [5.74, 6) is 0. The lowest BCUT2D eigenvalue weighted by atomic mass is 9.98. The highest BCUT2D eigenvalue weighted by Gasteiger charge is 2.49. The number of hydrogen-bond donors (Lipinski definition) is 0. The van der Waals surface area contributed by atoms with Crippen LogP contribution < -0.4 is 0 Å². The summed E-state index contributed by atoms with van der Waals surface area (Å²) in [4.78, 5) is 0. The van der Waals surface area contributed by atoms with Crippen molar-refractivity contribution in [3.63, 3.8) is 0 Å². The van der Waals surface area contributed by atoms with Gasteiger partial charge >= 0.3 is 23.0 Å². The van der Waals surface area contributed by atoms with Crippen LogP contribution >= 0.6 is 23.0 Å². The summed E-state index contributed by atoms with van der Waals surface area (Å²) in [6.07, 6.45) is 34.3. The highest BCUT2D eigenvalue weighted by Crippen LogP contribution is 2.82. The van der Waals surface area contributed by atoms with E-state index >= 15 is 0 Å². The van der Waals surface area contributed by atoms with Crippen LogP contribution in [-0.4, -0.2) is 36.6 Å². The van der Waals surface area contributed by atoms with E-state index in [0.29, 0.717) is 0 Å². The maximum atomic E-state index is 7.32. The van der Waals surface area contributed by atoms with Crippen molar-refractivity contribution in [2.75, 3.05) is 0 Å². The third-order valence-corrected chi connectivity index (χ3v) is 20.6. The smallest absolute Gasteiger partial charge is 0.303 e. The molecule has 0 unspecified atom stereocenters. The molecular formula is C36H66N3O6P3. The third-order valence-electron chi connectivity index (χ3n) is 11.7. The lowest BCUT2D eigenvalue weighted by Crippen LogP contribution is -2.24. The van der Waals surface area contributed by atoms with Crippen LogP contribution in [0.4, 0.5) is 0 Å². The van der Waals surface area contributed by atoms with E-state index < -0.39 is 23.0 Å². The van der Waals surface area contributed by atoms with Gasteiger partial charge in [0.2, 0.25) is 0 Å².